The zero-order valence-electron chi connectivity index (χ0n) is 37.4. The van der Waals surface area contributed by atoms with E-state index in [0.29, 0.717) is 29.4 Å². The lowest BCUT2D eigenvalue weighted by Gasteiger charge is -2.14. The normalized spacial score (nSPS) is 12.3. The van der Waals surface area contributed by atoms with Gasteiger partial charge >= 0.3 is 0 Å². The largest absolute Gasteiger partial charge is 0.495 e. The third kappa shape index (κ3) is 12.4. The molecule has 0 bridgehead atoms. The molecule has 0 aliphatic rings. The molecule has 7 rings (SSSR count). The summed E-state index contributed by atoms with van der Waals surface area (Å²) in [6, 6.07) is 33.8. The molecule has 72 heavy (non-hydrogen) atoms. The van der Waals surface area contributed by atoms with Crippen molar-refractivity contribution < 1.29 is 84.8 Å². The molecule has 0 saturated heterocycles. The average molecular weight is 1100 g/mol. The molecular weight excluding hydrogens is 1060 g/mol. The number of rotatable bonds is 21. The molecule has 0 fully saturated rings. The van der Waals surface area contributed by atoms with Crippen molar-refractivity contribution in [3.63, 3.8) is 0 Å². The predicted molar refractivity (Wildman–Crippen MR) is 256 cm³/mol. The molecule has 3 N–H and O–H groups in total. The van der Waals surface area contributed by atoms with Crippen LogP contribution in [-0.4, -0.2) is 63.6 Å². The molecule has 0 heterocycles. The topological polar surface area (TPSA) is 287 Å². The Morgan fingerprint density at radius 1 is 0.444 bits per heavy atom. The first-order valence-corrected chi connectivity index (χ1v) is 28.6. The van der Waals surface area contributed by atoms with Crippen molar-refractivity contribution >= 4 is 61.8 Å². The van der Waals surface area contributed by atoms with Crippen molar-refractivity contribution in [3.8, 4) is 23.0 Å². The van der Waals surface area contributed by atoms with Gasteiger partial charge in [0.15, 0.2) is 0 Å². The van der Waals surface area contributed by atoms with Crippen LogP contribution in [0.5, 0.6) is 23.0 Å². The fraction of sp³-hybridized carbons (Fsp3) is 0.106. The van der Waals surface area contributed by atoms with Crippen molar-refractivity contribution in [2.75, 3.05) is 7.11 Å². The lowest BCUT2D eigenvalue weighted by atomic mass is 10.2. The van der Waals surface area contributed by atoms with Crippen LogP contribution in [0.15, 0.2) is 196 Å². The number of methoxy groups -OCH3 is 1. The maximum absolute atomic E-state index is 13.9. The van der Waals surface area contributed by atoms with E-state index in [1.54, 1.807) is 36.4 Å². The molecule has 7 aromatic carbocycles. The van der Waals surface area contributed by atoms with Crippen molar-refractivity contribution in [1.29, 1.82) is 0 Å². The maximum atomic E-state index is 13.9. The van der Waals surface area contributed by atoms with Crippen LogP contribution in [0.3, 0.4) is 0 Å². The van der Waals surface area contributed by atoms with Crippen LogP contribution >= 0.6 is 12.0 Å². The first kappa shape index (κ1) is 53.4. The van der Waals surface area contributed by atoms with Gasteiger partial charge < -0.3 is 18.9 Å². The van der Waals surface area contributed by atoms with Crippen LogP contribution in [-0.2, 0) is 78.9 Å². The highest BCUT2D eigenvalue weighted by Gasteiger charge is 2.27. The van der Waals surface area contributed by atoms with E-state index >= 15 is 0 Å². The molecule has 25 heteroatoms. The van der Waals surface area contributed by atoms with Gasteiger partial charge in [-0.15, -0.1) is 4.33 Å². The highest BCUT2D eigenvalue weighted by molar-refractivity contribution is 7.95. The highest BCUT2D eigenvalue weighted by atomic mass is 32.2. The number of sulfone groups is 3. The Morgan fingerprint density at radius 2 is 0.861 bits per heavy atom. The van der Waals surface area contributed by atoms with E-state index in [2.05, 4.69) is 9.37 Å². The molecule has 0 unspecified atom stereocenters. The Hall–Kier alpha value is -6.36. The van der Waals surface area contributed by atoms with Gasteiger partial charge in [-0.05, 0) is 133 Å². The summed E-state index contributed by atoms with van der Waals surface area (Å²) in [5.74, 6) is -0.0713. The van der Waals surface area contributed by atoms with E-state index in [9.17, 15) is 51.2 Å². The minimum atomic E-state index is -5.13. The molecule has 0 aliphatic carbocycles. The van der Waals surface area contributed by atoms with E-state index in [-0.39, 0.29) is 60.3 Å². The van der Waals surface area contributed by atoms with Gasteiger partial charge in [0, 0.05) is 10.5 Å². The molecule has 378 valence electrons. The van der Waals surface area contributed by atoms with Crippen LogP contribution in [0.4, 0.5) is 0 Å². The second-order valence-corrected chi connectivity index (χ2v) is 24.7. The summed E-state index contributed by atoms with van der Waals surface area (Å²) < 4.78 is 176. The standard InChI is InChI=1S/C47H40O19S6/c1-31-3-13-37(14-4-31)68(49,50)39-18-9-35(10-19-39)62-28-32-5-15-38(16-6-32)69(51,52)40-20-11-36(12-21-40)63-30-34-8-17-41(26-45(34)67-66-65-48)70(53,54)42-22-24-44(47(27-42)72(58,59)60)64-29-33-7-23-43(61-2)46(25-33)71(55,56)57/h3-27,48H,28-30H2,1-2H3,(H,55,56,57)(H,58,59,60). The summed E-state index contributed by atoms with van der Waals surface area (Å²) in [5.41, 5.74) is 1.99. The quantitative estimate of drug-likeness (QED) is 0.0265. The summed E-state index contributed by atoms with van der Waals surface area (Å²) in [6.07, 6.45) is 0. The molecule has 0 spiro atoms. The first-order chi connectivity index (χ1) is 34.0. The molecule has 0 aromatic heterocycles. The van der Waals surface area contributed by atoms with Crippen LogP contribution in [0.1, 0.15) is 22.3 Å². The van der Waals surface area contributed by atoms with Gasteiger partial charge in [0.05, 0.1) is 48.5 Å². The summed E-state index contributed by atoms with van der Waals surface area (Å²) in [6.45, 7) is 1.18. The number of ether oxygens (including phenoxy) is 4. The van der Waals surface area contributed by atoms with E-state index < -0.39 is 81.7 Å². The molecule has 0 atom stereocenters. The van der Waals surface area contributed by atoms with E-state index in [4.69, 9.17) is 24.2 Å². The molecule has 0 radical (unpaired) electrons. The second-order valence-electron chi connectivity index (χ2n) is 15.3. The number of benzene rings is 7. The predicted octanol–water partition coefficient (Wildman–Crippen LogP) is 8.16. The Balaban J connectivity index is 0.997. The summed E-state index contributed by atoms with van der Waals surface area (Å²) in [7, 11) is -21.0. The van der Waals surface area contributed by atoms with Crippen molar-refractivity contribution in [3.05, 3.63) is 174 Å². The lowest BCUT2D eigenvalue weighted by Crippen LogP contribution is -2.09. The smallest absolute Gasteiger partial charge is 0.298 e. The molecule has 0 amide bonds. The minimum absolute atomic E-state index is 0.00393. The van der Waals surface area contributed by atoms with Gasteiger partial charge in [-0.25, -0.2) is 30.5 Å². The Kier molecular flexibility index (Phi) is 16.2. The second kappa shape index (κ2) is 21.8. The monoisotopic (exact) mass is 1100 g/mol. The first-order valence-electron chi connectivity index (χ1n) is 20.5. The van der Waals surface area contributed by atoms with Crippen molar-refractivity contribution in [1.82, 2.24) is 0 Å². The molecular formula is C47H40O19S6. The summed E-state index contributed by atoms with van der Waals surface area (Å²) >= 11 is 0.393. The Bertz CT molecular complexity index is 3680. The fourth-order valence-electron chi connectivity index (χ4n) is 6.75. The number of hydrogen-bond donors (Lipinski definition) is 3. The van der Waals surface area contributed by atoms with Crippen molar-refractivity contribution in [2.24, 2.45) is 0 Å². The van der Waals surface area contributed by atoms with Gasteiger partial charge in [-0.2, -0.15) is 16.8 Å². The minimum Gasteiger partial charge on any atom is -0.495 e. The average Bonchev–Trinajstić information content (AvgIpc) is 3.36. The van der Waals surface area contributed by atoms with Crippen LogP contribution in [0.25, 0.3) is 0 Å². The van der Waals surface area contributed by atoms with Crippen LogP contribution in [0, 0.1) is 6.92 Å². The maximum Gasteiger partial charge on any atom is 0.298 e. The lowest BCUT2D eigenvalue weighted by molar-refractivity contribution is -0.432. The van der Waals surface area contributed by atoms with E-state index in [1.165, 1.54) is 92.0 Å². The zero-order valence-corrected chi connectivity index (χ0v) is 42.3. The van der Waals surface area contributed by atoms with E-state index in [0.717, 1.165) is 29.8 Å². The SMILES string of the molecule is COc1ccc(COc2ccc(S(=O)(=O)c3ccc(COc4ccc(S(=O)(=O)c5ccc(COc6ccc(S(=O)(=O)c7ccc(C)cc7)cc6)cc5)cc4)c(SOOO)c3)cc2S(=O)(=O)O)cc1S(=O)(=O)O. The van der Waals surface area contributed by atoms with Gasteiger partial charge in [0.1, 0.15) is 52.6 Å². The molecule has 0 saturated carbocycles. The molecule has 7 aromatic rings. The van der Waals surface area contributed by atoms with Crippen LogP contribution in [0.2, 0.25) is 0 Å². The third-order valence-corrected chi connectivity index (χ3v) is 18.3. The summed E-state index contributed by atoms with van der Waals surface area (Å²) in [4.78, 5) is -2.29. The number of hydrogen-bond acceptors (Lipinski definition) is 18. The van der Waals surface area contributed by atoms with Gasteiger partial charge in [-0.1, -0.05) is 47.0 Å². The zero-order chi connectivity index (χ0) is 52.1. The summed E-state index contributed by atoms with van der Waals surface area (Å²) in [5, 5.41) is 12.6. The van der Waals surface area contributed by atoms with Gasteiger partial charge in [0.2, 0.25) is 29.5 Å². The van der Waals surface area contributed by atoms with Crippen molar-refractivity contribution in [2.45, 2.75) is 70.8 Å². The molecule has 19 nitrogen and oxygen atoms in total. The van der Waals surface area contributed by atoms with E-state index in [1.807, 2.05) is 6.92 Å². The Labute approximate surface area is 418 Å². The van der Waals surface area contributed by atoms with Gasteiger partial charge in [-0.3, -0.25) is 9.11 Å². The van der Waals surface area contributed by atoms with Crippen LogP contribution < -0.4 is 18.9 Å². The fourth-order valence-corrected chi connectivity index (χ4v) is 12.6. The Morgan fingerprint density at radius 3 is 1.39 bits per heavy atom. The van der Waals surface area contributed by atoms with Gasteiger partial charge in [0.25, 0.3) is 20.2 Å². The highest BCUT2D eigenvalue weighted by Crippen LogP contribution is 2.35. The molecule has 0 aliphatic heterocycles. The third-order valence-electron chi connectivity index (χ3n) is 10.5. The number of aryl methyl sites for hydroxylation is 1.